The lowest BCUT2D eigenvalue weighted by Crippen LogP contribution is -2.43. The second-order valence-corrected chi connectivity index (χ2v) is 9.53. The average Bonchev–Trinajstić information content (AvgIpc) is 3.20. The van der Waals surface area contributed by atoms with Crippen molar-refractivity contribution in [3.05, 3.63) is 59.4 Å². The first kappa shape index (κ1) is 26.7. The van der Waals surface area contributed by atoms with E-state index in [4.69, 9.17) is 0 Å². The number of aryl methyl sites for hydroxylation is 1. The second kappa shape index (κ2) is 13.9. The van der Waals surface area contributed by atoms with Crippen LogP contribution in [0.3, 0.4) is 0 Å². The van der Waals surface area contributed by atoms with Crippen LogP contribution in [-0.2, 0) is 22.7 Å². The Morgan fingerprint density at radius 1 is 0.970 bits per heavy atom. The van der Waals surface area contributed by atoms with Crippen LogP contribution >= 0.6 is 0 Å². The normalized spacial score (nSPS) is 11.1. The van der Waals surface area contributed by atoms with Crippen LogP contribution in [-0.4, -0.2) is 45.8 Å². The Kier molecular flexibility index (Phi) is 11.2. The predicted molar refractivity (Wildman–Crippen MR) is 136 cm³/mol. The molecule has 0 saturated carbocycles. The van der Waals surface area contributed by atoms with Crippen molar-refractivity contribution in [3.8, 4) is 0 Å². The lowest BCUT2D eigenvalue weighted by atomic mass is 10.1. The molecular formula is C28H43N3O2. The summed E-state index contributed by atoms with van der Waals surface area (Å²) >= 11 is 0. The number of nitrogens with zero attached hydrogens (tertiary/aromatic N) is 3. The van der Waals surface area contributed by atoms with Crippen molar-refractivity contribution >= 4 is 11.8 Å². The molecule has 0 aliphatic heterocycles. The van der Waals surface area contributed by atoms with Crippen LogP contribution in [0.15, 0.2) is 42.6 Å². The summed E-state index contributed by atoms with van der Waals surface area (Å²) in [6, 6.07) is 12.7. The van der Waals surface area contributed by atoms with Gasteiger partial charge in [0.05, 0.1) is 13.1 Å². The summed E-state index contributed by atoms with van der Waals surface area (Å²) < 4.78 is 2.22. The Bertz CT molecular complexity index is 872. The van der Waals surface area contributed by atoms with E-state index in [2.05, 4.69) is 68.8 Å². The maximum absolute atomic E-state index is 13.4. The zero-order valence-corrected chi connectivity index (χ0v) is 21.3. The van der Waals surface area contributed by atoms with Crippen LogP contribution in [0.5, 0.6) is 0 Å². The van der Waals surface area contributed by atoms with E-state index in [9.17, 15) is 9.59 Å². The standard InChI is InChI=1S/C28H43N3O2/c1-6-8-16-30(28(33)22-31(18-15-23(3)4)27(32)11-7-2)21-26-14-10-17-29(26)20-25-13-9-12-24(5)19-25/h9-10,12-14,17,19,23H,6-8,11,15-16,18,20-22H2,1-5H3. The molecule has 33 heavy (non-hydrogen) atoms. The molecule has 0 unspecified atom stereocenters. The maximum atomic E-state index is 13.4. The summed E-state index contributed by atoms with van der Waals surface area (Å²) in [4.78, 5) is 29.8. The number of hydrogen-bond donors (Lipinski definition) is 0. The Morgan fingerprint density at radius 3 is 2.42 bits per heavy atom. The van der Waals surface area contributed by atoms with E-state index in [1.54, 1.807) is 4.90 Å². The van der Waals surface area contributed by atoms with Crippen LogP contribution in [0.1, 0.15) is 76.6 Å². The minimum absolute atomic E-state index is 0.0416. The van der Waals surface area contributed by atoms with Gasteiger partial charge in [0.25, 0.3) is 0 Å². The molecule has 2 rings (SSSR count). The third-order valence-electron chi connectivity index (χ3n) is 5.97. The average molecular weight is 454 g/mol. The Morgan fingerprint density at radius 2 is 1.76 bits per heavy atom. The van der Waals surface area contributed by atoms with Gasteiger partial charge in [0.1, 0.15) is 0 Å². The molecule has 0 aliphatic rings. The summed E-state index contributed by atoms with van der Waals surface area (Å²) in [6.07, 6.45) is 6.28. The van der Waals surface area contributed by atoms with Gasteiger partial charge in [0.2, 0.25) is 11.8 Å². The van der Waals surface area contributed by atoms with Gasteiger partial charge in [-0.25, -0.2) is 0 Å². The molecule has 1 aromatic heterocycles. The molecule has 0 atom stereocenters. The zero-order valence-electron chi connectivity index (χ0n) is 21.3. The molecule has 0 aliphatic carbocycles. The van der Waals surface area contributed by atoms with E-state index in [-0.39, 0.29) is 18.4 Å². The van der Waals surface area contributed by atoms with Gasteiger partial charge in [-0.05, 0) is 49.8 Å². The first-order valence-electron chi connectivity index (χ1n) is 12.6. The number of hydrogen-bond acceptors (Lipinski definition) is 2. The molecule has 0 N–H and O–H groups in total. The molecular weight excluding hydrogens is 410 g/mol. The number of rotatable bonds is 14. The molecule has 5 heteroatoms. The van der Waals surface area contributed by atoms with Crippen molar-refractivity contribution in [2.75, 3.05) is 19.6 Å². The van der Waals surface area contributed by atoms with Crippen molar-refractivity contribution in [1.82, 2.24) is 14.4 Å². The number of carbonyl (C=O) groups is 2. The molecule has 1 heterocycles. The SMILES string of the molecule is CCCCN(Cc1cccn1Cc1cccc(C)c1)C(=O)CN(CCC(C)C)C(=O)CCC. The van der Waals surface area contributed by atoms with E-state index in [0.29, 0.717) is 32.0 Å². The Labute approximate surface area is 200 Å². The fraction of sp³-hybridized carbons (Fsp3) is 0.571. The summed E-state index contributed by atoms with van der Waals surface area (Å²) in [5.41, 5.74) is 3.62. The monoisotopic (exact) mass is 453 g/mol. The van der Waals surface area contributed by atoms with Crippen LogP contribution in [0.25, 0.3) is 0 Å². The van der Waals surface area contributed by atoms with Crippen LogP contribution in [0.2, 0.25) is 0 Å². The Hall–Kier alpha value is -2.56. The number of benzene rings is 1. The van der Waals surface area contributed by atoms with E-state index in [1.165, 1.54) is 11.1 Å². The van der Waals surface area contributed by atoms with Crippen LogP contribution < -0.4 is 0 Å². The highest BCUT2D eigenvalue weighted by Crippen LogP contribution is 2.14. The third-order valence-corrected chi connectivity index (χ3v) is 5.97. The van der Waals surface area contributed by atoms with Crippen molar-refractivity contribution in [2.24, 2.45) is 5.92 Å². The van der Waals surface area contributed by atoms with Crippen molar-refractivity contribution < 1.29 is 9.59 Å². The van der Waals surface area contributed by atoms with Gasteiger partial charge in [0.15, 0.2) is 0 Å². The summed E-state index contributed by atoms with van der Waals surface area (Å²) in [5, 5.41) is 0. The maximum Gasteiger partial charge on any atom is 0.242 e. The summed E-state index contributed by atoms with van der Waals surface area (Å²) in [6.45, 7) is 13.5. The molecule has 0 spiro atoms. The highest BCUT2D eigenvalue weighted by atomic mass is 16.2. The number of carbonyl (C=O) groups excluding carboxylic acids is 2. The fourth-order valence-corrected chi connectivity index (χ4v) is 3.93. The van der Waals surface area contributed by atoms with Crippen LogP contribution in [0.4, 0.5) is 0 Å². The van der Waals surface area contributed by atoms with E-state index < -0.39 is 0 Å². The van der Waals surface area contributed by atoms with Gasteiger partial charge in [-0.2, -0.15) is 0 Å². The molecule has 2 amide bonds. The molecule has 0 radical (unpaired) electrons. The van der Waals surface area contributed by atoms with Crippen molar-refractivity contribution in [3.63, 3.8) is 0 Å². The van der Waals surface area contributed by atoms with E-state index >= 15 is 0 Å². The zero-order chi connectivity index (χ0) is 24.2. The fourth-order valence-electron chi connectivity index (χ4n) is 3.93. The lowest BCUT2D eigenvalue weighted by Gasteiger charge is -2.28. The number of unbranched alkanes of at least 4 members (excludes halogenated alkanes) is 1. The Balaban J connectivity index is 2.14. The molecule has 5 nitrogen and oxygen atoms in total. The van der Waals surface area contributed by atoms with Crippen molar-refractivity contribution in [1.29, 1.82) is 0 Å². The van der Waals surface area contributed by atoms with Crippen LogP contribution in [0, 0.1) is 12.8 Å². The van der Waals surface area contributed by atoms with Crippen molar-refractivity contribution in [2.45, 2.75) is 79.8 Å². The molecule has 182 valence electrons. The number of aromatic nitrogens is 1. The smallest absolute Gasteiger partial charge is 0.242 e. The van der Waals surface area contributed by atoms with Gasteiger partial charge < -0.3 is 14.4 Å². The highest BCUT2D eigenvalue weighted by Gasteiger charge is 2.22. The third kappa shape index (κ3) is 9.07. The summed E-state index contributed by atoms with van der Waals surface area (Å²) in [7, 11) is 0. The first-order chi connectivity index (χ1) is 15.8. The quantitative estimate of drug-likeness (QED) is 0.371. The molecule has 0 bridgehead atoms. The minimum Gasteiger partial charge on any atom is -0.345 e. The van der Waals surface area contributed by atoms with Gasteiger partial charge >= 0.3 is 0 Å². The van der Waals surface area contributed by atoms with Gasteiger partial charge in [0, 0.05) is 37.9 Å². The van der Waals surface area contributed by atoms with E-state index in [1.807, 2.05) is 17.9 Å². The largest absolute Gasteiger partial charge is 0.345 e. The minimum atomic E-state index is 0.0416. The van der Waals surface area contributed by atoms with Gasteiger partial charge in [-0.1, -0.05) is 63.9 Å². The molecule has 0 fully saturated rings. The molecule has 2 aromatic rings. The summed E-state index contributed by atoms with van der Waals surface area (Å²) in [5.74, 6) is 0.628. The molecule has 1 aromatic carbocycles. The van der Waals surface area contributed by atoms with E-state index in [0.717, 1.165) is 37.9 Å². The molecule has 0 saturated heterocycles. The number of amides is 2. The van der Waals surface area contributed by atoms with Gasteiger partial charge in [-0.15, -0.1) is 0 Å². The lowest BCUT2D eigenvalue weighted by molar-refractivity contribution is -0.141. The second-order valence-electron chi connectivity index (χ2n) is 9.53. The highest BCUT2D eigenvalue weighted by molar-refractivity contribution is 5.84. The predicted octanol–water partition coefficient (Wildman–Crippen LogP) is 5.65. The topological polar surface area (TPSA) is 45.6 Å². The first-order valence-corrected chi connectivity index (χ1v) is 12.6. The van der Waals surface area contributed by atoms with Gasteiger partial charge in [-0.3, -0.25) is 9.59 Å².